The molecule has 0 radical (unpaired) electrons. The third-order valence-electron chi connectivity index (χ3n) is 3.37. The summed E-state index contributed by atoms with van der Waals surface area (Å²) in [5.74, 6) is -0.817. The van der Waals surface area contributed by atoms with Crippen molar-refractivity contribution in [2.24, 2.45) is 5.41 Å². The van der Waals surface area contributed by atoms with Crippen molar-refractivity contribution in [3.05, 3.63) is 34.9 Å². The van der Waals surface area contributed by atoms with E-state index in [9.17, 15) is 9.90 Å². The van der Waals surface area contributed by atoms with Gasteiger partial charge in [0.2, 0.25) is 0 Å². The van der Waals surface area contributed by atoms with E-state index in [1.807, 2.05) is 31.1 Å². The van der Waals surface area contributed by atoms with Crippen molar-refractivity contribution in [1.82, 2.24) is 4.90 Å². The van der Waals surface area contributed by atoms with E-state index < -0.39 is 11.4 Å². The van der Waals surface area contributed by atoms with Gasteiger partial charge in [-0.3, -0.25) is 4.79 Å². The molecule has 0 aromatic heterocycles. The first-order valence-electron chi connectivity index (χ1n) is 5.70. The molecule has 0 aliphatic carbocycles. The Kier molecular flexibility index (Phi) is 3.61. The molecule has 0 bridgehead atoms. The minimum atomic E-state index is -0.864. The molecular weight excluding hydrogens is 254 g/mol. The van der Waals surface area contributed by atoms with Crippen molar-refractivity contribution in [1.29, 1.82) is 0 Å². The zero-order chi connectivity index (χ0) is 13.3. The Hall–Kier alpha value is -1.10. The highest BCUT2D eigenvalue weighted by Crippen LogP contribution is 2.43. The lowest BCUT2D eigenvalue weighted by Crippen LogP contribution is -2.56. The Labute approximate surface area is 111 Å². The summed E-state index contributed by atoms with van der Waals surface area (Å²) in [6.07, 6.45) is 0. The topological polar surface area (TPSA) is 49.8 Å². The zero-order valence-electron chi connectivity index (χ0n) is 10.4. The third kappa shape index (κ3) is 2.11. The van der Waals surface area contributed by atoms with Crippen molar-refractivity contribution >= 4 is 17.6 Å². The van der Waals surface area contributed by atoms with Crippen molar-refractivity contribution in [2.75, 3.05) is 27.3 Å². The number of carboxylic acids is 1. The molecule has 2 rings (SSSR count). The molecule has 1 atom stereocenters. The normalized spacial score (nSPS) is 19.3. The summed E-state index contributed by atoms with van der Waals surface area (Å²) in [5.41, 5.74) is 0.0761. The molecule has 1 N–H and O–H groups in total. The predicted octanol–water partition coefficient (Wildman–Crippen LogP) is 2.04. The number of carboxylic acid groups (broad SMARTS) is 1. The largest absolute Gasteiger partial charge is 0.481 e. The molecule has 1 unspecified atom stereocenters. The van der Waals surface area contributed by atoms with Gasteiger partial charge in [-0.05, 0) is 31.8 Å². The molecule has 1 aromatic rings. The number of carbonyl (C=O) groups is 1. The molecular formula is C13H16ClNO3. The average Bonchev–Trinajstić information content (AvgIpc) is 2.23. The van der Waals surface area contributed by atoms with Gasteiger partial charge in [0, 0.05) is 5.02 Å². The van der Waals surface area contributed by atoms with E-state index in [0.29, 0.717) is 5.02 Å². The molecule has 1 heterocycles. The van der Waals surface area contributed by atoms with Gasteiger partial charge in [-0.25, -0.2) is 0 Å². The SMILES string of the molecule is CN(C)C(c1ccc(Cl)cc1)C1(C(=O)O)COC1. The summed E-state index contributed by atoms with van der Waals surface area (Å²) in [6.45, 7) is 0.488. The molecule has 0 spiro atoms. The Balaban J connectivity index is 2.39. The molecule has 0 saturated carbocycles. The maximum absolute atomic E-state index is 11.6. The fourth-order valence-electron chi connectivity index (χ4n) is 2.48. The molecule has 5 heteroatoms. The molecule has 1 fully saturated rings. The van der Waals surface area contributed by atoms with Crippen LogP contribution in [-0.2, 0) is 9.53 Å². The van der Waals surface area contributed by atoms with Crippen LogP contribution >= 0.6 is 11.6 Å². The summed E-state index contributed by atoms with van der Waals surface area (Å²) in [4.78, 5) is 13.5. The molecule has 4 nitrogen and oxygen atoms in total. The molecule has 0 amide bonds. The quantitative estimate of drug-likeness (QED) is 0.909. The van der Waals surface area contributed by atoms with Crippen molar-refractivity contribution < 1.29 is 14.6 Å². The van der Waals surface area contributed by atoms with E-state index in [2.05, 4.69) is 0 Å². The lowest BCUT2D eigenvalue weighted by Gasteiger charge is -2.46. The molecule has 1 aliphatic rings. The summed E-state index contributed by atoms with van der Waals surface area (Å²) in [7, 11) is 3.75. The van der Waals surface area contributed by atoms with Crippen LogP contribution in [-0.4, -0.2) is 43.3 Å². The van der Waals surface area contributed by atoms with Crippen LogP contribution in [0.5, 0.6) is 0 Å². The Bertz CT molecular complexity index is 440. The van der Waals surface area contributed by atoms with Gasteiger partial charge in [-0.15, -0.1) is 0 Å². The van der Waals surface area contributed by atoms with Crippen molar-refractivity contribution in [2.45, 2.75) is 6.04 Å². The minimum Gasteiger partial charge on any atom is -0.481 e. The molecule has 1 aliphatic heterocycles. The molecule has 1 saturated heterocycles. The summed E-state index contributed by atoms with van der Waals surface area (Å²) < 4.78 is 5.14. The number of rotatable bonds is 4. The highest BCUT2D eigenvalue weighted by Gasteiger charge is 2.53. The van der Waals surface area contributed by atoms with Gasteiger partial charge in [0.15, 0.2) is 0 Å². The lowest BCUT2D eigenvalue weighted by molar-refractivity contribution is -0.193. The lowest BCUT2D eigenvalue weighted by atomic mass is 9.74. The number of nitrogens with zero attached hydrogens (tertiary/aromatic N) is 1. The van der Waals surface area contributed by atoms with Gasteiger partial charge in [-0.1, -0.05) is 23.7 Å². The maximum atomic E-state index is 11.6. The second kappa shape index (κ2) is 4.88. The van der Waals surface area contributed by atoms with Crippen LogP contribution in [0.3, 0.4) is 0 Å². The number of halogens is 1. The van der Waals surface area contributed by atoms with Crippen LogP contribution in [0.1, 0.15) is 11.6 Å². The first kappa shape index (κ1) is 13.3. The van der Waals surface area contributed by atoms with Gasteiger partial charge in [-0.2, -0.15) is 0 Å². The van der Waals surface area contributed by atoms with E-state index in [1.165, 1.54) is 0 Å². The Morgan fingerprint density at radius 3 is 2.28 bits per heavy atom. The van der Waals surface area contributed by atoms with E-state index >= 15 is 0 Å². The molecule has 18 heavy (non-hydrogen) atoms. The fourth-order valence-corrected chi connectivity index (χ4v) is 2.60. The highest BCUT2D eigenvalue weighted by molar-refractivity contribution is 6.30. The summed E-state index contributed by atoms with van der Waals surface area (Å²) >= 11 is 5.87. The first-order chi connectivity index (χ1) is 8.47. The van der Waals surface area contributed by atoms with Crippen LogP contribution < -0.4 is 0 Å². The van der Waals surface area contributed by atoms with Crippen molar-refractivity contribution in [3.8, 4) is 0 Å². The van der Waals surface area contributed by atoms with E-state index in [-0.39, 0.29) is 19.3 Å². The second-order valence-corrected chi connectivity index (χ2v) is 5.31. The zero-order valence-corrected chi connectivity index (χ0v) is 11.1. The number of ether oxygens (including phenoxy) is 1. The van der Waals surface area contributed by atoms with E-state index in [4.69, 9.17) is 16.3 Å². The van der Waals surface area contributed by atoms with Gasteiger partial charge in [0.25, 0.3) is 0 Å². The average molecular weight is 270 g/mol. The fraction of sp³-hybridized carbons (Fsp3) is 0.462. The number of hydrogen-bond acceptors (Lipinski definition) is 3. The highest BCUT2D eigenvalue weighted by atomic mass is 35.5. The standard InChI is InChI=1S/C13H16ClNO3/c1-15(2)11(9-3-5-10(14)6-4-9)13(12(16)17)7-18-8-13/h3-6,11H,7-8H2,1-2H3,(H,16,17). The van der Waals surface area contributed by atoms with E-state index in [0.717, 1.165) is 5.56 Å². The predicted molar refractivity (Wildman–Crippen MR) is 68.8 cm³/mol. The monoisotopic (exact) mass is 269 g/mol. The number of hydrogen-bond donors (Lipinski definition) is 1. The van der Waals surface area contributed by atoms with Crippen LogP contribution in [0.15, 0.2) is 24.3 Å². The number of benzene rings is 1. The van der Waals surface area contributed by atoms with Crippen LogP contribution in [0.4, 0.5) is 0 Å². The Morgan fingerprint density at radius 1 is 1.39 bits per heavy atom. The van der Waals surface area contributed by atoms with Gasteiger partial charge >= 0.3 is 5.97 Å². The molecule has 98 valence electrons. The maximum Gasteiger partial charge on any atom is 0.316 e. The summed E-state index contributed by atoms with van der Waals surface area (Å²) in [6, 6.07) is 7.08. The van der Waals surface area contributed by atoms with E-state index in [1.54, 1.807) is 12.1 Å². The van der Waals surface area contributed by atoms with Crippen molar-refractivity contribution in [3.63, 3.8) is 0 Å². The Morgan fingerprint density at radius 2 is 1.94 bits per heavy atom. The molecule has 1 aromatic carbocycles. The summed E-state index contributed by atoms with van der Waals surface area (Å²) in [5, 5.41) is 10.1. The van der Waals surface area contributed by atoms with Gasteiger partial charge in [0.05, 0.1) is 19.3 Å². The van der Waals surface area contributed by atoms with Gasteiger partial charge < -0.3 is 14.7 Å². The first-order valence-corrected chi connectivity index (χ1v) is 6.08. The van der Waals surface area contributed by atoms with Gasteiger partial charge in [0.1, 0.15) is 5.41 Å². The second-order valence-electron chi connectivity index (χ2n) is 4.87. The minimum absolute atomic E-state index is 0.221. The van der Waals surface area contributed by atoms with Crippen LogP contribution in [0.25, 0.3) is 0 Å². The van der Waals surface area contributed by atoms with Crippen LogP contribution in [0.2, 0.25) is 5.02 Å². The van der Waals surface area contributed by atoms with Crippen LogP contribution in [0, 0.1) is 5.41 Å². The number of aliphatic carboxylic acids is 1. The third-order valence-corrected chi connectivity index (χ3v) is 3.62. The smallest absolute Gasteiger partial charge is 0.316 e.